The second-order valence-electron chi connectivity index (χ2n) is 6.07. The zero-order valence-electron chi connectivity index (χ0n) is 15.2. The smallest absolute Gasteiger partial charge is 0.227 e. The Morgan fingerprint density at radius 1 is 1.17 bits per heavy atom. The van der Waals surface area contributed by atoms with Crippen molar-refractivity contribution in [2.45, 2.75) is 19.7 Å². The number of aromatic nitrogens is 3. The van der Waals surface area contributed by atoms with E-state index in [1.807, 2.05) is 0 Å². The molecule has 3 aromatic rings. The molecular weight excluding hydrogens is 423 g/mol. The molecule has 1 amide bonds. The van der Waals surface area contributed by atoms with Gasteiger partial charge in [-0.2, -0.15) is 0 Å². The summed E-state index contributed by atoms with van der Waals surface area (Å²) in [5.74, 6) is -0.801. The second kappa shape index (κ2) is 9.50. The van der Waals surface area contributed by atoms with Gasteiger partial charge in [-0.15, -0.1) is 5.10 Å². The Labute approximate surface area is 173 Å². The molecule has 158 valence electrons. The molecule has 0 aliphatic rings. The lowest BCUT2D eigenvalue weighted by Gasteiger charge is -2.08. The number of hydrogen-bond acceptors (Lipinski definition) is 8. The number of rotatable bonds is 8. The van der Waals surface area contributed by atoms with Crippen molar-refractivity contribution in [1.29, 1.82) is 0 Å². The van der Waals surface area contributed by atoms with Crippen LogP contribution >= 0.6 is 11.6 Å². The first-order valence-electron chi connectivity index (χ1n) is 8.47. The minimum atomic E-state index is -0.644. The van der Waals surface area contributed by atoms with Crippen LogP contribution in [0.15, 0.2) is 36.4 Å². The summed E-state index contributed by atoms with van der Waals surface area (Å²) in [5.41, 5.74) is 0.808. The molecule has 2 aromatic carbocycles. The number of nitrogens with zero attached hydrogens (tertiary/aromatic N) is 3. The molecule has 10 nitrogen and oxygen atoms in total. The third kappa shape index (κ3) is 5.02. The molecule has 0 bridgehead atoms. The SMILES string of the molecule is O=C(Cc1nc(-c2ccc(Cl)c(F)c2)nn1CO)NCc1cc(OO)cc(OO)c1. The Bertz CT molecular complexity index is 1040. The van der Waals surface area contributed by atoms with Gasteiger partial charge in [-0.3, -0.25) is 4.79 Å². The summed E-state index contributed by atoms with van der Waals surface area (Å²) >= 11 is 5.67. The number of carbonyl (C=O) groups is 1. The third-order valence-electron chi connectivity index (χ3n) is 4.02. The molecule has 30 heavy (non-hydrogen) atoms. The summed E-state index contributed by atoms with van der Waals surface area (Å²) in [4.78, 5) is 24.7. The largest absolute Gasteiger partial charge is 0.374 e. The van der Waals surface area contributed by atoms with Gasteiger partial charge < -0.3 is 20.2 Å². The lowest BCUT2D eigenvalue weighted by molar-refractivity contribution is -0.144. The summed E-state index contributed by atoms with van der Waals surface area (Å²) < 4.78 is 14.8. The van der Waals surface area contributed by atoms with E-state index in [0.29, 0.717) is 11.1 Å². The van der Waals surface area contributed by atoms with Crippen molar-refractivity contribution >= 4 is 17.5 Å². The van der Waals surface area contributed by atoms with Crippen LogP contribution in [0.5, 0.6) is 11.5 Å². The van der Waals surface area contributed by atoms with Gasteiger partial charge in [-0.25, -0.2) is 24.6 Å². The van der Waals surface area contributed by atoms with E-state index in [1.54, 1.807) is 0 Å². The highest BCUT2D eigenvalue weighted by atomic mass is 35.5. The molecule has 0 unspecified atom stereocenters. The van der Waals surface area contributed by atoms with Gasteiger partial charge in [-0.05, 0) is 35.9 Å². The number of nitrogens with one attached hydrogen (secondary N) is 1. The number of carbonyl (C=O) groups excluding carboxylic acids is 1. The van der Waals surface area contributed by atoms with Gasteiger partial charge in [-0.1, -0.05) is 11.6 Å². The van der Waals surface area contributed by atoms with Crippen molar-refractivity contribution in [2.75, 3.05) is 0 Å². The second-order valence-corrected chi connectivity index (χ2v) is 6.48. The summed E-state index contributed by atoms with van der Waals surface area (Å²) in [6.45, 7) is -0.506. The van der Waals surface area contributed by atoms with E-state index < -0.39 is 18.5 Å². The molecule has 0 saturated heterocycles. The van der Waals surface area contributed by atoms with E-state index in [0.717, 1.165) is 10.7 Å². The average molecular weight is 439 g/mol. The average Bonchev–Trinajstić information content (AvgIpc) is 3.16. The minimum Gasteiger partial charge on any atom is -0.374 e. The van der Waals surface area contributed by atoms with Crippen LogP contribution in [0.3, 0.4) is 0 Å². The fourth-order valence-corrected chi connectivity index (χ4v) is 2.74. The Morgan fingerprint density at radius 3 is 2.47 bits per heavy atom. The zero-order valence-corrected chi connectivity index (χ0v) is 16.0. The van der Waals surface area contributed by atoms with Crippen molar-refractivity contribution in [1.82, 2.24) is 20.1 Å². The van der Waals surface area contributed by atoms with Gasteiger partial charge in [0.05, 0.1) is 11.4 Å². The van der Waals surface area contributed by atoms with Crippen LogP contribution in [0.25, 0.3) is 11.4 Å². The van der Waals surface area contributed by atoms with Crippen molar-refractivity contribution in [3.05, 3.63) is 58.6 Å². The van der Waals surface area contributed by atoms with Crippen molar-refractivity contribution in [3.63, 3.8) is 0 Å². The molecule has 4 N–H and O–H groups in total. The molecule has 0 aliphatic heterocycles. The Hall–Kier alpha value is -3.25. The molecule has 0 saturated carbocycles. The minimum absolute atomic E-state index is 0.00524. The molecular formula is C18H16ClFN4O6. The van der Waals surface area contributed by atoms with E-state index in [9.17, 15) is 14.3 Å². The summed E-state index contributed by atoms with van der Waals surface area (Å²) in [6, 6.07) is 8.10. The van der Waals surface area contributed by atoms with E-state index in [1.165, 1.54) is 30.3 Å². The quantitative estimate of drug-likeness (QED) is 0.310. The van der Waals surface area contributed by atoms with Gasteiger partial charge >= 0.3 is 0 Å². The maximum Gasteiger partial charge on any atom is 0.227 e. The summed E-state index contributed by atoms with van der Waals surface area (Å²) in [6.07, 6.45) is -0.219. The normalized spacial score (nSPS) is 10.7. The maximum absolute atomic E-state index is 13.7. The zero-order chi connectivity index (χ0) is 21.7. The predicted molar refractivity (Wildman–Crippen MR) is 101 cm³/mol. The van der Waals surface area contributed by atoms with Crippen LogP contribution in [0.2, 0.25) is 5.02 Å². The highest BCUT2D eigenvalue weighted by molar-refractivity contribution is 6.30. The fraction of sp³-hybridized carbons (Fsp3) is 0.167. The molecule has 3 rings (SSSR count). The first-order valence-corrected chi connectivity index (χ1v) is 8.84. The van der Waals surface area contributed by atoms with Crippen molar-refractivity contribution in [2.24, 2.45) is 0 Å². The summed E-state index contributed by atoms with van der Waals surface area (Å²) in [5, 5.41) is 33.6. The molecule has 12 heteroatoms. The molecule has 1 heterocycles. The Morgan fingerprint density at radius 2 is 1.87 bits per heavy atom. The number of amides is 1. The molecule has 0 spiro atoms. The monoisotopic (exact) mass is 438 g/mol. The van der Waals surface area contributed by atoms with Gasteiger partial charge in [0.1, 0.15) is 18.4 Å². The molecule has 0 atom stereocenters. The van der Waals surface area contributed by atoms with Gasteiger partial charge in [0.15, 0.2) is 17.3 Å². The highest BCUT2D eigenvalue weighted by Crippen LogP contribution is 2.23. The topological polar surface area (TPSA) is 139 Å². The van der Waals surface area contributed by atoms with Crippen LogP contribution in [0.4, 0.5) is 4.39 Å². The first kappa shape index (κ1) is 21.5. The third-order valence-corrected chi connectivity index (χ3v) is 4.33. The highest BCUT2D eigenvalue weighted by Gasteiger charge is 2.16. The molecule has 1 aromatic heterocycles. The number of halogens is 2. The molecule has 0 aliphatic carbocycles. The predicted octanol–water partition coefficient (Wildman–Crippen LogP) is 2.25. The fourth-order valence-electron chi connectivity index (χ4n) is 2.62. The van der Waals surface area contributed by atoms with Crippen LogP contribution in [0.1, 0.15) is 11.4 Å². The van der Waals surface area contributed by atoms with Crippen LogP contribution < -0.4 is 15.1 Å². The van der Waals surface area contributed by atoms with Gasteiger partial charge in [0.25, 0.3) is 0 Å². The van der Waals surface area contributed by atoms with Crippen LogP contribution in [0, 0.1) is 5.82 Å². The molecule has 0 radical (unpaired) electrons. The van der Waals surface area contributed by atoms with Crippen LogP contribution in [-0.2, 0) is 24.5 Å². The first-order chi connectivity index (χ1) is 14.4. The van der Waals surface area contributed by atoms with E-state index in [4.69, 9.17) is 22.1 Å². The van der Waals surface area contributed by atoms with Crippen LogP contribution in [-0.4, -0.2) is 36.3 Å². The van der Waals surface area contributed by atoms with Gasteiger partial charge in [0.2, 0.25) is 5.91 Å². The summed E-state index contributed by atoms with van der Waals surface area (Å²) in [7, 11) is 0. The number of hydrogen-bond donors (Lipinski definition) is 4. The number of benzene rings is 2. The molecule has 0 fully saturated rings. The van der Waals surface area contributed by atoms with E-state index in [2.05, 4.69) is 25.2 Å². The number of aliphatic hydroxyl groups excluding tert-OH is 1. The lowest BCUT2D eigenvalue weighted by Crippen LogP contribution is -2.26. The Balaban J connectivity index is 1.70. The maximum atomic E-state index is 13.7. The lowest BCUT2D eigenvalue weighted by atomic mass is 10.2. The van der Waals surface area contributed by atoms with E-state index >= 15 is 0 Å². The van der Waals surface area contributed by atoms with E-state index in [-0.39, 0.29) is 41.1 Å². The van der Waals surface area contributed by atoms with Gasteiger partial charge in [0, 0.05) is 18.2 Å². The number of aliphatic hydroxyl groups is 1. The van der Waals surface area contributed by atoms with Crippen molar-refractivity contribution in [3.8, 4) is 22.9 Å². The van der Waals surface area contributed by atoms with Crippen molar-refractivity contribution < 1.29 is 34.6 Å². The Kier molecular flexibility index (Phi) is 6.79. The standard InChI is InChI=1S/C18H16ClFN4O6/c19-14-2-1-11(5-15(14)20)18-22-16(24(9-25)23-18)7-17(26)21-8-10-3-12(29-27)6-13(4-10)30-28/h1-6,25,27-28H,7-9H2,(H,21,26).